The van der Waals surface area contributed by atoms with E-state index in [1.165, 1.54) is 92.2 Å². The van der Waals surface area contributed by atoms with Gasteiger partial charge in [0.25, 0.3) is 0 Å². The Labute approximate surface area is 295 Å². The van der Waals surface area contributed by atoms with Crippen LogP contribution in [0.3, 0.4) is 0 Å². The van der Waals surface area contributed by atoms with E-state index in [9.17, 15) is 0 Å². The maximum Gasteiger partial charge on any atom is 0.0546 e. The van der Waals surface area contributed by atoms with Crippen molar-refractivity contribution in [3.63, 3.8) is 0 Å². The largest absolute Gasteiger partial charge is 0.310 e. The van der Waals surface area contributed by atoms with Crippen LogP contribution in [0.2, 0.25) is 0 Å². The smallest absolute Gasteiger partial charge is 0.0546 e. The first-order valence-corrected chi connectivity index (χ1v) is 17.7. The number of hydrogen-bond acceptors (Lipinski definition) is 1. The van der Waals surface area contributed by atoms with Gasteiger partial charge in [0.15, 0.2) is 0 Å². The highest BCUT2D eigenvalue weighted by Gasteiger charge is 2.20. The average Bonchev–Trinajstić information content (AvgIpc) is 3.20. The molecule has 0 radical (unpaired) electrons. The van der Waals surface area contributed by atoms with E-state index >= 15 is 0 Å². The Bertz CT molecular complexity index is 3070. The topological polar surface area (TPSA) is 3.24 Å². The van der Waals surface area contributed by atoms with Crippen molar-refractivity contribution in [2.24, 2.45) is 0 Å². The predicted molar refractivity (Wildman–Crippen MR) is 220 cm³/mol. The summed E-state index contributed by atoms with van der Waals surface area (Å²) in [5.74, 6) is 0. The predicted octanol–water partition coefficient (Wildman–Crippen LogP) is 14.3. The van der Waals surface area contributed by atoms with Crippen LogP contribution in [-0.4, -0.2) is 0 Å². The fourth-order valence-electron chi connectivity index (χ4n) is 8.62. The van der Waals surface area contributed by atoms with Gasteiger partial charge in [0, 0.05) is 16.8 Å². The molecule has 0 heterocycles. The number of fused-ring (bicyclic) bond motifs is 6. The summed E-state index contributed by atoms with van der Waals surface area (Å²) < 4.78 is 0. The summed E-state index contributed by atoms with van der Waals surface area (Å²) in [6.07, 6.45) is 0. The Hall–Kier alpha value is -6.70. The molecular formula is C50H31N. The monoisotopic (exact) mass is 645 g/mol. The molecule has 0 atom stereocenters. The van der Waals surface area contributed by atoms with E-state index in [2.05, 4.69) is 193 Å². The van der Waals surface area contributed by atoms with E-state index in [1.807, 2.05) is 0 Å². The van der Waals surface area contributed by atoms with Gasteiger partial charge in [-0.1, -0.05) is 140 Å². The Kier molecular flexibility index (Phi) is 6.02. The molecule has 11 aromatic rings. The van der Waals surface area contributed by atoms with Gasteiger partial charge in [-0.3, -0.25) is 0 Å². The van der Waals surface area contributed by atoms with Gasteiger partial charge >= 0.3 is 0 Å². The average molecular weight is 646 g/mol. The van der Waals surface area contributed by atoms with Gasteiger partial charge in [-0.25, -0.2) is 0 Å². The molecule has 0 aromatic heterocycles. The molecule has 11 rings (SSSR count). The molecule has 0 aliphatic heterocycles. The summed E-state index contributed by atoms with van der Waals surface area (Å²) in [6.45, 7) is 0. The normalized spacial score (nSPS) is 11.9. The zero-order valence-corrected chi connectivity index (χ0v) is 27.8. The molecule has 0 fully saturated rings. The van der Waals surface area contributed by atoms with Crippen LogP contribution >= 0.6 is 0 Å². The van der Waals surface area contributed by atoms with Gasteiger partial charge in [0.1, 0.15) is 0 Å². The van der Waals surface area contributed by atoms with E-state index in [-0.39, 0.29) is 0 Å². The lowest BCUT2D eigenvalue weighted by molar-refractivity contribution is 1.31. The second-order valence-corrected chi connectivity index (χ2v) is 13.7. The van der Waals surface area contributed by atoms with E-state index in [4.69, 9.17) is 0 Å². The molecule has 0 aliphatic carbocycles. The Morgan fingerprint density at radius 1 is 0.275 bits per heavy atom. The first-order valence-electron chi connectivity index (χ1n) is 17.7. The fourth-order valence-corrected chi connectivity index (χ4v) is 8.62. The number of para-hydroxylation sites is 1. The lowest BCUT2D eigenvalue weighted by Gasteiger charge is -2.28. The van der Waals surface area contributed by atoms with Crippen LogP contribution < -0.4 is 4.90 Å². The quantitative estimate of drug-likeness (QED) is 0.172. The second-order valence-electron chi connectivity index (χ2n) is 13.7. The highest BCUT2D eigenvalue weighted by molar-refractivity contribution is 6.25. The zero-order chi connectivity index (χ0) is 33.5. The number of hydrogen-bond donors (Lipinski definition) is 0. The second kappa shape index (κ2) is 10.9. The van der Waals surface area contributed by atoms with Crippen molar-refractivity contribution in [1.29, 1.82) is 0 Å². The van der Waals surface area contributed by atoms with E-state index in [1.54, 1.807) is 0 Å². The molecular weight excluding hydrogens is 615 g/mol. The zero-order valence-electron chi connectivity index (χ0n) is 27.8. The minimum atomic E-state index is 1.14. The van der Waals surface area contributed by atoms with E-state index in [0.717, 1.165) is 11.4 Å². The van der Waals surface area contributed by atoms with Crippen LogP contribution in [0, 0.1) is 0 Å². The van der Waals surface area contributed by atoms with Crippen molar-refractivity contribution in [3.05, 3.63) is 188 Å². The maximum atomic E-state index is 2.44. The van der Waals surface area contributed by atoms with Crippen LogP contribution in [-0.2, 0) is 0 Å². The van der Waals surface area contributed by atoms with Gasteiger partial charge in [-0.2, -0.15) is 0 Å². The Morgan fingerprint density at radius 2 is 0.725 bits per heavy atom. The Balaban J connectivity index is 1.14. The molecule has 0 bridgehead atoms. The third kappa shape index (κ3) is 4.28. The summed E-state index contributed by atoms with van der Waals surface area (Å²) >= 11 is 0. The molecule has 0 saturated heterocycles. The van der Waals surface area contributed by atoms with Gasteiger partial charge in [-0.15, -0.1) is 0 Å². The minimum Gasteiger partial charge on any atom is -0.310 e. The summed E-state index contributed by atoms with van der Waals surface area (Å²) in [4.78, 5) is 2.44. The molecule has 0 unspecified atom stereocenters. The minimum absolute atomic E-state index is 1.14. The molecule has 0 saturated carbocycles. The van der Waals surface area contributed by atoms with Crippen LogP contribution in [0.1, 0.15) is 0 Å². The van der Waals surface area contributed by atoms with Crippen molar-refractivity contribution in [1.82, 2.24) is 0 Å². The third-order valence-electron chi connectivity index (χ3n) is 10.9. The van der Waals surface area contributed by atoms with Crippen LogP contribution in [0.15, 0.2) is 188 Å². The third-order valence-corrected chi connectivity index (χ3v) is 10.9. The summed E-state index contributed by atoms with van der Waals surface area (Å²) in [7, 11) is 0. The van der Waals surface area contributed by atoms with Crippen molar-refractivity contribution < 1.29 is 0 Å². The van der Waals surface area contributed by atoms with Crippen LogP contribution in [0.4, 0.5) is 17.1 Å². The van der Waals surface area contributed by atoms with Gasteiger partial charge in [0.05, 0.1) is 5.69 Å². The molecule has 236 valence electrons. The molecule has 0 amide bonds. The SMILES string of the molecule is c1ccc(N(c2cc3ccc4cc(-c5cc6ccccc6c6ccccc56)cc5ccc(c2)c3c45)c2cc3ccccc3c3ccccc23)cc1. The lowest BCUT2D eigenvalue weighted by Crippen LogP contribution is -2.10. The number of benzene rings is 11. The maximum absolute atomic E-state index is 2.44. The first-order chi connectivity index (χ1) is 25.3. The molecule has 51 heavy (non-hydrogen) atoms. The molecule has 11 aromatic carbocycles. The van der Waals surface area contributed by atoms with Crippen molar-refractivity contribution >= 4 is 92.5 Å². The number of nitrogens with zero attached hydrogens (tertiary/aromatic N) is 1. The number of anilines is 3. The molecule has 1 nitrogen and oxygen atoms in total. The summed E-state index contributed by atoms with van der Waals surface area (Å²) in [6, 6.07) is 69.4. The van der Waals surface area contributed by atoms with E-state index in [0.29, 0.717) is 0 Å². The van der Waals surface area contributed by atoms with Crippen molar-refractivity contribution in [2.45, 2.75) is 0 Å². The summed E-state index contributed by atoms with van der Waals surface area (Å²) in [5.41, 5.74) is 5.99. The number of rotatable bonds is 4. The molecule has 0 N–H and O–H groups in total. The standard InChI is InChI=1S/C50H31N/c1-2-14-39(15-3-1)51(48-31-33-13-5-7-17-42(33)44-19-10-11-21-46(44)48)40-28-36-24-22-34-26-38(27-35-23-25-37(29-40)50(36)49(34)35)47-30-32-12-4-6-16-41(32)43-18-8-9-20-45(43)47/h1-31H. The van der Waals surface area contributed by atoms with Crippen LogP contribution in [0.25, 0.3) is 86.5 Å². The molecule has 0 aliphatic rings. The molecule has 0 spiro atoms. The summed E-state index contributed by atoms with van der Waals surface area (Å²) in [5, 5.41) is 17.8. The Morgan fingerprint density at radius 3 is 1.33 bits per heavy atom. The molecule has 1 heteroatoms. The van der Waals surface area contributed by atoms with Crippen molar-refractivity contribution in [3.8, 4) is 11.1 Å². The highest BCUT2D eigenvalue weighted by Crippen LogP contribution is 2.46. The van der Waals surface area contributed by atoms with Crippen LogP contribution in [0.5, 0.6) is 0 Å². The first kappa shape index (κ1) is 28.2. The fraction of sp³-hybridized carbons (Fsp3) is 0. The van der Waals surface area contributed by atoms with E-state index < -0.39 is 0 Å². The highest BCUT2D eigenvalue weighted by atomic mass is 15.1. The van der Waals surface area contributed by atoms with Gasteiger partial charge in [-0.05, 0) is 130 Å². The van der Waals surface area contributed by atoms with Crippen molar-refractivity contribution in [2.75, 3.05) is 4.90 Å². The van der Waals surface area contributed by atoms with Gasteiger partial charge < -0.3 is 4.90 Å². The lowest BCUT2D eigenvalue weighted by atomic mass is 9.88. The van der Waals surface area contributed by atoms with Gasteiger partial charge in [0.2, 0.25) is 0 Å².